The van der Waals surface area contributed by atoms with Gasteiger partial charge in [-0.15, -0.1) is 0 Å². The predicted molar refractivity (Wildman–Crippen MR) is 134 cm³/mol. The van der Waals surface area contributed by atoms with Crippen LogP contribution in [0.3, 0.4) is 0 Å². The fourth-order valence-electron chi connectivity index (χ4n) is 3.90. The summed E-state index contributed by atoms with van der Waals surface area (Å²) < 4.78 is 5.22. The lowest BCUT2D eigenvalue weighted by molar-refractivity contribution is -0.127. The van der Waals surface area contributed by atoms with Gasteiger partial charge in [-0.05, 0) is 37.5 Å². The van der Waals surface area contributed by atoms with Gasteiger partial charge in [0.25, 0.3) is 0 Å². The number of amides is 3. The predicted octanol–water partition coefficient (Wildman–Crippen LogP) is 3.86. The summed E-state index contributed by atoms with van der Waals surface area (Å²) in [5.41, 5.74) is 6.20. The van der Waals surface area contributed by atoms with E-state index < -0.39 is 35.1 Å². The van der Waals surface area contributed by atoms with Gasteiger partial charge >= 0.3 is 6.09 Å². The second kappa shape index (κ2) is 10.9. The van der Waals surface area contributed by atoms with Crippen LogP contribution in [0.5, 0.6) is 0 Å². The number of hydrogen-bond acceptors (Lipinski definition) is 4. The first-order valence-electron chi connectivity index (χ1n) is 11.4. The molecular weight excluding hydrogens is 442 g/mol. The summed E-state index contributed by atoms with van der Waals surface area (Å²) >= 11 is 0. The Morgan fingerprint density at radius 1 is 0.771 bits per heavy atom. The molecule has 0 aliphatic carbocycles. The van der Waals surface area contributed by atoms with Crippen molar-refractivity contribution in [1.29, 1.82) is 0 Å². The molecule has 0 saturated carbocycles. The van der Waals surface area contributed by atoms with Crippen molar-refractivity contribution in [2.24, 2.45) is 5.73 Å². The van der Waals surface area contributed by atoms with Crippen LogP contribution >= 0.6 is 0 Å². The van der Waals surface area contributed by atoms with Crippen LogP contribution in [0, 0.1) is 0 Å². The van der Waals surface area contributed by atoms with E-state index in [9.17, 15) is 14.4 Å². The highest BCUT2D eigenvalue weighted by molar-refractivity contribution is 5.90. The van der Waals surface area contributed by atoms with Crippen molar-refractivity contribution in [3.63, 3.8) is 0 Å². The lowest BCUT2D eigenvalue weighted by atomic mass is 9.77. The second-order valence-corrected chi connectivity index (χ2v) is 9.20. The zero-order valence-corrected chi connectivity index (χ0v) is 20.2. The Morgan fingerprint density at radius 2 is 1.17 bits per heavy atom. The van der Waals surface area contributed by atoms with E-state index in [4.69, 9.17) is 10.5 Å². The van der Waals surface area contributed by atoms with E-state index in [0.717, 1.165) is 16.7 Å². The largest absolute Gasteiger partial charge is 0.444 e. The van der Waals surface area contributed by atoms with Gasteiger partial charge in [0.2, 0.25) is 11.8 Å². The zero-order valence-electron chi connectivity index (χ0n) is 20.2. The van der Waals surface area contributed by atoms with E-state index in [-0.39, 0.29) is 6.42 Å². The van der Waals surface area contributed by atoms with Gasteiger partial charge in [0, 0.05) is 0 Å². The van der Waals surface area contributed by atoms with Crippen molar-refractivity contribution < 1.29 is 19.1 Å². The van der Waals surface area contributed by atoms with Crippen molar-refractivity contribution in [1.82, 2.24) is 10.6 Å². The molecule has 4 N–H and O–H groups in total. The molecule has 0 unspecified atom stereocenters. The van der Waals surface area contributed by atoms with Gasteiger partial charge in [-0.3, -0.25) is 9.59 Å². The Bertz CT molecular complexity index is 1050. The van der Waals surface area contributed by atoms with Crippen molar-refractivity contribution >= 4 is 17.9 Å². The van der Waals surface area contributed by atoms with Gasteiger partial charge in [-0.2, -0.15) is 0 Å². The summed E-state index contributed by atoms with van der Waals surface area (Å²) in [5, 5.41) is 5.56. The molecule has 0 aliphatic heterocycles. The summed E-state index contributed by atoms with van der Waals surface area (Å²) in [5.74, 6) is -1.31. The number of benzene rings is 3. The molecule has 35 heavy (non-hydrogen) atoms. The Kier molecular flexibility index (Phi) is 7.91. The number of nitrogens with one attached hydrogen (secondary N) is 2. The van der Waals surface area contributed by atoms with Crippen molar-refractivity contribution in [2.75, 3.05) is 0 Å². The fraction of sp³-hybridized carbons (Fsp3) is 0.250. The molecule has 0 fully saturated rings. The molecule has 182 valence electrons. The van der Waals surface area contributed by atoms with Crippen LogP contribution in [0.2, 0.25) is 0 Å². The van der Waals surface area contributed by atoms with Gasteiger partial charge in [-0.1, -0.05) is 91.0 Å². The maximum atomic E-state index is 13.4. The molecule has 3 rings (SSSR count). The average Bonchev–Trinajstić information content (AvgIpc) is 2.82. The molecule has 0 aromatic heterocycles. The molecule has 3 amide bonds. The lowest BCUT2D eigenvalue weighted by Crippen LogP contribution is -2.52. The number of hydrogen-bond donors (Lipinski definition) is 3. The van der Waals surface area contributed by atoms with Crippen LogP contribution in [-0.4, -0.2) is 29.6 Å². The van der Waals surface area contributed by atoms with Crippen LogP contribution in [0.1, 0.15) is 43.9 Å². The van der Waals surface area contributed by atoms with E-state index in [0.29, 0.717) is 0 Å². The normalized spacial score (nSPS) is 12.3. The summed E-state index contributed by atoms with van der Waals surface area (Å²) in [4.78, 5) is 37.8. The van der Waals surface area contributed by atoms with E-state index in [1.54, 1.807) is 20.8 Å². The van der Waals surface area contributed by atoms with Crippen molar-refractivity contribution in [3.05, 3.63) is 108 Å². The van der Waals surface area contributed by atoms with E-state index in [1.807, 2.05) is 91.0 Å². The highest BCUT2D eigenvalue weighted by Gasteiger charge is 2.38. The van der Waals surface area contributed by atoms with Gasteiger partial charge in [0.1, 0.15) is 17.2 Å². The van der Waals surface area contributed by atoms with Gasteiger partial charge in [0.15, 0.2) is 0 Å². The van der Waals surface area contributed by atoms with Crippen molar-refractivity contribution in [3.8, 4) is 0 Å². The number of ether oxygens (including phenoxy) is 1. The molecule has 3 aromatic carbocycles. The molecule has 0 heterocycles. The van der Waals surface area contributed by atoms with Crippen LogP contribution in [0.25, 0.3) is 0 Å². The van der Waals surface area contributed by atoms with Crippen molar-refractivity contribution in [2.45, 2.75) is 44.4 Å². The molecule has 0 spiro atoms. The average molecular weight is 474 g/mol. The highest BCUT2D eigenvalue weighted by Crippen LogP contribution is 2.36. The maximum absolute atomic E-state index is 13.4. The first kappa shape index (κ1) is 25.5. The van der Waals surface area contributed by atoms with E-state index in [1.165, 1.54) is 0 Å². The van der Waals surface area contributed by atoms with Crippen LogP contribution in [0.4, 0.5) is 4.79 Å². The minimum Gasteiger partial charge on any atom is -0.444 e. The number of primary amides is 1. The number of nitrogens with two attached hydrogens (primary N) is 1. The zero-order chi connectivity index (χ0) is 25.5. The highest BCUT2D eigenvalue weighted by atomic mass is 16.6. The molecular formula is C28H31N3O4. The smallest absolute Gasteiger partial charge is 0.408 e. The Labute approximate surface area is 205 Å². The number of carbonyl (C=O) groups is 3. The fourth-order valence-corrected chi connectivity index (χ4v) is 3.90. The molecule has 0 radical (unpaired) electrons. The van der Waals surface area contributed by atoms with Crippen LogP contribution in [0.15, 0.2) is 91.0 Å². The second-order valence-electron chi connectivity index (χ2n) is 9.20. The monoisotopic (exact) mass is 473 g/mol. The third-order valence-corrected chi connectivity index (χ3v) is 5.37. The molecule has 0 saturated heterocycles. The first-order valence-corrected chi connectivity index (χ1v) is 11.4. The van der Waals surface area contributed by atoms with Crippen LogP contribution in [-0.2, 0) is 19.9 Å². The van der Waals surface area contributed by atoms with Crippen LogP contribution < -0.4 is 16.4 Å². The van der Waals surface area contributed by atoms with E-state index in [2.05, 4.69) is 10.6 Å². The van der Waals surface area contributed by atoms with E-state index >= 15 is 0 Å². The van der Waals surface area contributed by atoms with Gasteiger partial charge in [0.05, 0.1) is 6.42 Å². The number of rotatable bonds is 8. The summed E-state index contributed by atoms with van der Waals surface area (Å²) in [6, 6.07) is 27.5. The molecule has 0 bridgehead atoms. The lowest BCUT2D eigenvalue weighted by Gasteiger charge is -2.37. The summed E-state index contributed by atoms with van der Waals surface area (Å²) in [6.45, 7) is 5.10. The third-order valence-electron chi connectivity index (χ3n) is 5.37. The minimum atomic E-state index is -1.25. The minimum absolute atomic E-state index is 0.358. The topological polar surface area (TPSA) is 111 Å². The Hall–Kier alpha value is -4.13. The third kappa shape index (κ3) is 6.47. The van der Waals surface area contributed by atoms with Gasteiger partial charge in [-0.25, -0.2) is 4.79 Å². The molecule has 7 heteroatoms. The molecule has 7 nitrogen and oxygen atoms in total. The number of carbonyl (C=O) groups excluding carboxylic acids is 3. The van der Waals surface area contributed by atoms with Gasteiger partial charge < -0.3 is 21.1 Å². The molecule has 1 atom stereocenters. The Morgan fingerprint density at radius 3 is 1.51 bits per heavy atom. The molecule has 0 aliphatic rings. The summed E-state index contributed by atoms with van der Waals surface area (Å²) in [6.07, 6.45) is -1.18. The summed E-state index contributed by atoms with van der Waals surface area (Å²) in [7, 11) is 0. The SMILES string of the molecule is CC(C)(C)OC(=O)N[C@@H](CC(=O)NC(c1ccccc1)(c1ccccc1)c1ccccc1)C(N)=O. The number of alkyl carbamates (subject to hydrolysis) is 1. The molecule has 3 aromatic rings. The first-order chi connectivity index (χ1) is 16.6. The Balaban J connectivity index is 2.00. The maximum Gasteiger partial charge on any atom is 0.408 e. The standard InChI is InChI=1S/C28H31N3O4/c1-27(2,3)35-26(34)30-23(25(29)33)19-24(32)31-28(20-13-7-4-8-14-20,21-15-9-5-10-16-21)22-17-11-6-12-18-22/h4-18,23H,19H2,1-3H3,(H2,29,33)(H,30,34)(H,31,32)/t23-/m0/s1. The quantitative estimate of drug-likeness (QED) is 0.432.